The van der Waals surface area contributed by atoms with Crippen LogP contribution in [0.2, 0.25) is 0 Å². The van der Waals surface area contributed by atoms with Gasteiger partial charge in [-0.1, -0.05) is 0 Å². The Morgan fingerprint density at radius 2 is 2.29 bits per heavy atom. The summed E-state index contributed by atoms with van der Waals surface area (Å²) in [6.45, 7) is 0. The Labute approximate surface area is 51.6 Å². The van der Waals surface area contributed by atoms with Crippen LogP contribution in [0.4, 0.5) is 0 Å². The largest absolute Gasteiger partial charge is 0.368 e. The van der Waals surface area contributed by atoms with Gasteiger partial charge in [-0.2, -0.15) is 0 Å². The lowest BCUT2D eigenvalue weighted by atomic mass is 10.5. The maximum Gasteiger partial charge on any atom is 0.236 e. The van der Waals surface area contributed by atoms with E-state index in [1.807, 2.05) is 0 Å². The summed E-state index contributed by atoms with van der Waals surface area (Å²) >= 11 is 10.3. The molecule has 0 bridgehead atoms. The SMILES string of the molecule is NC(=O)C(Cl)CCl. The van der Waals surface area contributed by atoms with Crippen molar-refractivity contribution >= 4 is 29.1 Å². The van der Waals surface area contributed by atoms with Crippen molar-refractivity contribution in [2.75, 3.05) is 5.88 Å². The number of hydrogen-bond acceptors (Lipinski definition) is 1. The minimum absolute atomic E-state index is 0.0802. The zero-order valence-corrected chi connectivity index (χ0v) is 5.04. The molecule has 0 aromatic heterocycles. The fourth-order valence-corrected chi connectivity index (χ4v) is 0.228. The zero-order chi connectivity index (χ0) is 5.86. The van der Waals surface area contributed by atoms with E-state index in [4.69, 9.17) is 28.9 Å². The highest BCUT2D eigenvalue weighted by molar-refractivity contribution is 6.35. The van der Waals surface area contributed by atoms with Crippen LogP contribution in [0.5, 0.6) is 0 Å². The monoisotopic (exact) mass is 141 g/mol. The van der Waals surface area contributed by atoms with E-state index < -0.39 is 11.3 Å². The molecule has 2 N–H and O–H groups in total. The number of carbonyl (C=O) groups excluding carboxylic acids is 1. The van der Waals surface area contributed by atoms with Gasteiger partial charge in [0.05, 0.1) is 0 Å². The van der Waals surface area contributed by atoms with Crippen LogP contribution in [-0.2, 0) is 4.79 Å². The highest BCUT2D eigenvalue weighted by atomic mass is 35.5. The topological polar surface area (TPSA) is 43.1 Å². The van der Waals surface area contributed by atoms with Gasteiger partial charge in [0.25, 0.3) is 0 Å². The summed E-state index contributed by atoms with van der Waals surface area (Å²) < 4.78 is 0. The van der Waals surface area contributed by atoms with Crippen molar-refractivity contribution in [3.8, 4) is 0 Å². The van der Waals surface area contributed by atoms with E-state index in [9.17, 15) is 4.79 Å². The molecule has 0 fully saturated rings. The molecule has 2 nitrogen and oxygen atoms in total. The first-order valence-electron chi connectivity index (χ1n) is 1.68. The molecule has 0 saturated heterocycles. The Hall–Kier alpha value is 0.0500. The molecule has 42 valence electrons. The van der Waals surface area contributed by atoms with E-state index in [0.29, 0.717) is 0 Å². The van der Waals surface area contributed by atoms with Gasteiger partial charge in [-0.25, -0.2) is 0 Å². The Morgan fingerprint density at radius 3 is 2.29 bits per heavy atom. The molecule has 0 aliphatic heterocycles. The number of halogens is 2. The molecule has 0 rings (SSSR count). The minimum atomic E-state index is -0.721. The van der Waals surface area contributed by atoms with Gasteiger partial charge in [-0.05, 0) is 0 Å². The molecule has 0 saturated carbocycles. The predicted molar refractivity (Wildman–Crippen MR) is 29.6 cm³/mol. The summed E-state index contributed by atoms with van der Waals surface area (Å²) in [5.74, 6) is -0.492. The standard InChI is InChI=1S/C3H5Cl2NO/c4-1-2(5)3(6)7/h2H,1H2,(H2,6,7). The van der Waals surface area contributed by atoms with E-state index in [-0.39, 0.29) is 5.88 Å². The first-order valence-corrected chi connectivity index (χ1v) is 2.65. The molecule has 0 spiro atoms. The van der Waals surface area contributed by atoms with Crippen LogP contribution in [-0.4, -0.2) is 17.2 Å². The van der Waals surface area contributed by atoms with E-state index in [2.05, 4.69) is 0 Å². The van der Waals surface area contributed by atoms with Gasteiger partial charge in [0, 0.05) is 5.88 Å². The highest BCUT2D eigenvalue weighted by Crippen LogP contribution is 1.95. The summed E-state index contributed by atoms with van der Waals surface area (Å²) in [6.07, 6.45) is 0. The van der Waals surface area contributed by atoms with Crippen LogP contribution in [0.25, 0.3) is 0 Å². The second-order valence-electron chi connectivity index (χ2n) is 1.02. The predicted octanol–water partition coefficient (Wildman–Crippen LogP) is 0.318. The van der Waals surface area contributed by atoms with E-state index in [0.717, 1.165) is 0 Å². The van der Waals surface area contributed by atoms with Gasteiger partial charge in [0.1, 0.15) is 5.38 Å². The van der Waals surface area contributed by atoms with E-state index >= 15 is 0 Å². The van der Waals surface area contributed by atoms with Crippen LogP contribution >= 0.6 is 23.2 Å². The molecule has 0 aromatic carbocycles. The van der Waals surface area contributed by atoms with Gasteiger partial charge in [0.2, 0.25) is 5.91 Å². The average Bonchev–Trinajstić information content (AvgIpc) is 1.65. The fraction of sp³-hybridized carbons (Fsp3) is 0.667. The van der Waals surface area contributed by atoms with Crippen molar-refractivity contribution in [2.24, 2.45) is 5.73 Å². The van der Waals surface area contributed by atoms with Gasteiger partial charge >= 0.3 is 0 Å². The summed E-state index contributed by atoms with van der Waals surface area (Å²) in [6, 6.07) is 0. The Bertz CT molecular complexity index is 75.3. The first kappa shape index (κ1) is 7.05. The Kier molecular flexibility index (Phi) is 3.13. The normalized spacial score (nSPS) is 13.4. The number of rotatable bonds is 2. The number of amides is 1. The molecule has 1 amide bonds. The third-order valence-electron chi connectivity index (χ3n) is 0.444. The maximum absolute atomic E-state index is 9.94. The van der Waals surface area contributed by atoms with Crippen LogP contribution in [0.1, 0.15) is 0 Å². The van der Waals surface area contributed by atoms with Crippen molar-refractivity contribution in [3.63, 3.8) is 0 Å². The summed E-state index contributed by atoms with van der Waals surface area (Å²) in [5, 5.41) is -0.721. The van der Waals surface area contributed by atoms with E-state index in [1.54, 1.807) is 0 Å². The molecule has 7 heavy (non-hydrogen) atoms. The summed E-state index contributed by atoms with van der Waals surface area (Å²) in [7, 11) is 0. The van der Waals surface area contributed by atoms with Gasteiger partial charge < -0.3 is 5.73 Å². The van der Waals surface area contributed by atoms with Gasteiger partial charge in [-0.3, -0.25) is 4.79 Å². The van der Waals surface area contributed by atoms with Crippen molar-refractivity contribution < 1.29 is 4.79 Å². The molecule has 0 heterocycles. The molecule has 0 aliphatic carbocycles. The quantitative estimate of drug-likeness (QED) is 0.554. The molecular weight excluding hydrogens is 137 g/mol. The van der Waals surface area contributed by atoms with Gasteiger partial charge in [0.15, 0.2) is 0 Å². The fourth-order valence-electron chi connectivity index (χ4n) is 0.0760. The van der Waals surface area contributed by atoms with Crippen LogP contribution in [0.3, 0.4) is 0 Å². The van der Waals surface area contributed by atoms with Crippen LogP contribution < -0.4 is 5.73 Å². The van der Waals surface area contributed by atoms with Gasteiger partial charge in [-0.15, -0.1) is 23.2 Å². The van der Waals surface area contributed by atoms with Crippen LogP contribution in [0.15, 0.2) is 0 Å². The Morgan fingerprint density at radius 1 is 1.86 bits per heavy atom. The number of primary amides is 1. The summed E-state index contributed by atoms with van der Waals surface area (Å²) in [5.41, 5.74) is 4.69. The van der Waals surface area contributed by atoms with Crippen LogP contribution in [0, 0.1) is 0 Å². The highest BCUT2D eigenvalue weighted by Gasteiger charge is 2.06. The molecule has 0 radical (unpaired) electrons. The molecular formula is C3H5Cl2NO. The number of nitrogens with two attached hydrogens (primary N) is 1. The third kappa shape index (κ3) is 2.71. The van der Waals surface area contributed by atoms with Crippen molar-refractivity contribution in [1.29, 1.82) is 0 Å². The molecule has 1 atom stereocenters. The summed E-state index contributed by atoms with van der Waals surface area (Å²) in [4.78, 5) is 9.94. The number of carbonyl (C=O) groups is 1. The number of alkyl halides is 2. The lowest BCUT2D eigenvalue weighted by molar-refractivity contribution is -0.117. The van der Waals surface area contributed by atoms with Crippen molar-refractivity contribution in [3.05, 3.63) is 0 Å². The van der Waals surface area contributed by atoms with Crippen molar-refractivity contribution in [1.82, 2.24) is 0 Å². The number of hydrogen-bond donors (Lipinski definition) is 1. The molecule has 4 heteroatoms. The third-order valence-corrected chi connectivity index (χ3v) is 1.28. The van der Waals surface area contributed by atoms with E-state index in [1.165, 1.54) is 0 Å². The minimum Gasteiger partial charge on any atom is -0.368 e. The first-order chi connectivity index (χ1) is 3.18. The zero-order valence-electron chi connectivity index (χ0n) is 3.53. The average molecular weight is 142 g/mol. The molecule has 0 aromatic rings. The lowest BCUT2D eigenvalue weighted by Gasteiger charge is -1.93. The molecule has 0 aliphatic rings. The van der Waals surface area contributed by atoms with Crippen molar-refractivity contribution in [2.45, 2.75) is 5.38 Å². The Balaban J connectivity index is 3.34. The molecule has 1 unspecified atom stereocenters. The smallest absolute Gasteiger partial charge is 0.236 e. The second kappa shape index (κ2) is 3.10. The second-order valence-corrected chi connectivity index (χ2v) is 1.86. The maximum atomic E-state index is 9.94. The lowest BCUT2D eigenvalue weighted by Crippen LogP contribution is -2.24.